The summed E-state index contributed by atoms with van der Waals surface area (Å²) in [5.74, 6) is 0.670. The quantitative estimate of drug-likeness (QED) is 0.415. The number of fused-ring (bicyclic) bond motifs is 1. The summed E-state index contributed by atoms with van der Waals surface area (Å²) in [5, 5.41) is 20.2. The minimum Gasteiger partial charge on any atom is -0.508 e. The molecule has 0 aromatic heterocycles. The Labute approximate surface area is 224 Å². The van der Waals surface area contributed by atoms with E-state index in [0.29, 0.717) is 25.8 Å². The first-order valence-corrected chi connectivity index (χ1v) is 13.7. The molecule has 2 saturated carbocycles. The lowest BCUT2D eigenvalue weighted by atomic mass is 9.55. The largest absolute Gasteiger partial charge is 0.508 e. The average Bonchev–Trinajstić information content (AvgIpc) is 3.70. The zero-order valence-electron chi connectivity index (χ0n) is 22.3. The van der Waals surface area contributed by atoms with Crippen molar-refractivity contribution < 1.29 is 24.5 Å². The lowest BCUT2D eigenvalue weighted by Crippen LogP contribution is -2.68. The Morgan fingerprint density at radius 2 is 1.82 bits per heavy atom. The number of rotatable bonds is 7. The number of piperidine rings is 1. The molecule has 1 heterocycles. The lowest BCUT2D eigenvalue weighted by Gasteiger charge is -2.60. The van der Waals surface area contributed by atoms with E-state index in [1.165, 1.54) is 19.8 Å². The summed E-state index contributed by atoms with van der Waals surface area (Å²) >= 11 is 0. The Balaban J connectivity index is 1.45. The van der Waals surface area contributed by atoms with Crippen LogP contribution in [0.2, 0.25) is 0 Å². The maximum absolute atomic E-state index is 13.2. The maximum atomic E-state index is 13.2. The van der Waals surface area contributed by atoms with Gasteiger partial charge in [0.2, 0.25) is 5.91 Å². The first-order valence-electron chi connectivity index (χ1n) is 13.7. The minimum absolute atomic E-state index is 0.0580. The van der Waals surface area contributed by atoms with Gasteiger partial charge in [-0.1, -0.05) is 24.3 Å². The first-order chi connectivity index (χ1) is 18.2. The van der Waals surface area contributed by atoms with Crippen LogP contribution in [0.1, 0.15) is 56.6 Å². The number of hydrogen-bond donors (Lipinski definition) is 2. The normalized spacial score (nSPS) is 27.6. The molecule has 0 unspecified atom stereocenters. The van der Waals surface area contributed by atoms with Gasteiger partial charge in [-0.25, -0.2) is 0 Å². The van der Waals surface area contributed by atoms with Crippen LogP contribution in [-0.2, 0) is 19.7 Å². The van der Waals surface area contributed by atoms with E-state index < -0.39 is 11.0 Å². The molecule has 0 bridgehead atoms. The third-order valence-corrected chi connectivity index (χ3v) is 8.81. The van der Waals surface area contributed by atoms with E-state index in [9.17, 15) is 19.8 Å². The fourth-order valence-corrected chi connectivity index (χ4v) is 6.71. The van der Waals surface area contributed by atoms with Crippen LogP contribution in [0.25, 0.3) is 6.08 Å². The highest BCUT2D eigenvalue weighted by Gasteiger charge is 2.61. The number of likely N-dealkylation sites (N-methyl/N-ethyl adjacent to an activating group) is 1. The van der Waals surface area contributed by atoms with Gasteiger partial charge in [-0.05, 0) is 92.5 Å². The molecule has 1 saturated heterocycles. The Morgan fingerprint density at radius 3 is 2.50 bits per heavy atom. The maximum Gasteiger partial charge on any atom is 0.303 e. The molecule has 0 spiro atoms. The van der Waals surface area contributed by atoms with Crippen LogP contribution >= 0.6 is 0 Å². The lowest BCUT2D eigenvalue weighted by molar-refractivity contribution is -0.190. The number of carbonyl (C=O) groups excluding carboxylic acids is 2. The van der Waals surface area contributed by atoms with Gasteiger partial charge in [0.25, 0.3) is 0 Å². The van der Waals surface area contributed by atoms with Crippen LogP contribution in [0.3, 0.4) is 0 Å². The molecule has 5 rings (SSSR count). The topological polar surface area (TPSA) is 90.3 Å². The molecule has 3 atom stereocenters. The number of phenolic OH excluding ortho intramolecular Hbond substituents is 2. The van der Waals surface area contributed by atoms with Crippen molar-refractivity contribution in [3.05, 3.63) is 65.7 Å². The molecule has 2 N–H and O–H groups in total. The van der Waals surface area contributed by atoms with Crippen LogP contribution in [-0.4, -0.2) is 70.2 Å². The molecular weight excluding hydrogens is 480 g/mol. The second-order valence-electron chi connectivity index (χ2n) is 11.4. The Bertz CT molecular complexity index is 1220. The summed E-state index contributed by atoms with van der Waals surface area (Å²) < 4.78 is 6.31. The summed E-state index contributed by atoms with van der Waals surface area (Å²) in [6.45, 7) is 4.06. The minimum atomic E-state index is -0.725. The molecule has 7 heteroatoms. The number of hydrogen-bond acceptors (Lipinski definition) is 6. The summed E-state index contributed by atoms with van der Waals surface area (Å²) in [6, 6.07) is 14.1. The smallest absolute Gasteiger partial charge is 0.303 e. The van der Waals surface area contributed by atoms with Gasteiger partial charge >= 0.3 is 5.97 Å². The standard InChI is InChI=1S/C31H38N2O5/c1-22(34)38-31-14-13-26(32(2)29(37)12-11-23-5-3-7-27(35)17-23)19-30(31,25-6-4-8-28(36)18-25)15-16-33(21-31)20-24-9-10-24/h3-8,11-12,17-18,24,26,35-36H,9-10,13-16,19-21H2,1-2H3/t26-,30-,31-/m0/s1. The molecule has 3 fully saturated rings. The summed E-state index contributed by atoms with van der Waals surface area (Å²) in [6.07, 6.45) is 8.57. The molecule has 2 aromatic carbocycles. The van der Waals surface area contributed by atoms with E-state index in [1.54, 1.807) is 47.4 Å². The van der Waals surface area contributed by atoms with E-state index in [4.69, 9.17) is 4.74 Å². The summed E-state index contributed by atoms with van der Waals surface area (Å²) in [5.41, 5.74) is 0.468. The van der Waals surface area contributed by atoms with E-state index in [-0.39, 0.29) is 29.4 Å². The first kappa shape index (κ1) is 26.3. The van der Waals surface area contributed by atoms with Crippen molar-refractivity contribution in [2.45, 2.75) is 62.5 Å². The van der Waals surface area contributed by atoms with Gasteiger partial charge in [-0.15, -0.1) is 0 Å². The van der Waals surface area contributed by atoms with Gasteiger partial charge in [-0.3, -0.25) is 14.5 Å². The van der Waals surface area contributed by atoms with Crippen LogP contribution < -0.4 is 0 Å². The SMILES string of the molecule is CC(=O)O[C@]12CC[C@H](N(C)C(=O)C=Cc3cccc(O)c3)C[C@]1(c1cccc(O)c1)CCN(CC1CC1)C2. The molecular formula is C31H38N2O5. The van der Waals surface area contributed by atoms with Crippen molar-refractivity contribution in [2.75, 3.05) is 26.7 Å². The Morgan fingerprint density at radius 1 is 1.08 bits per heavy atom. The number of carbonyl (C=O) groups is 2. The van der Waals surface area contributed by atoms with Crippen molar-refractivity contribution in [3.8, 4) is 11.5 Å². The van der Waals surface area contributed by atoms with Gasteiger partial charge in [0.1, 0.15) is 17.1 Å². The average molecular weight is 519 g/mol. The van der Waals surface area contributed by atoms with Gasteiger partial charge < -0.3 is 19.8 Å². The zero-order valence-corrected chi connectivity index (χ0v) is 22.3. The fraction of sp³-hybridized carbons (Fsp3) is 0.484. The van der Waals surface area contributed by atoms with Gasteiger partial charge in [-0.2, -0.15) is 0 Å². The van der Waals surface area contributed by atoms with Crippen molar-refractivity contribution in [2.24, 2.45) is 5.92 Å². The molecule has 7 nitrogen and oxygen atoms in total. The van der Waals surface area contributed by atoms with Crippen molar-refractivity contribution in [3.63, 3.8) is 0 Å². The highest BCUT2D eigenvalue weighted by atomic mass is 16.6. The van der Waals surface area contributed by atoms with Crippen LogP contribution in [0.5, 0.6) is 11.5 Å². The van der Waals surface area contributed by atoms with E-state index in [2.05, 4.69) is 4.90 Å². The van der Waals surface area contributed by atoms with Crippen LogP contribution in [0, 0.1) is 5.92 Å². The second kappa shape index (κ2) is 10.4. The van der Waals surface area contributed by atoms with Crippen LogP contribution in [0.15, 0.2) is 54.6 Å². The second-order valence-corrected chi connectivity index (χ2v) is 11.4. The number of nitrogens with zero attached hydrogens (tertiary/aromatic N) is 2. The molecule has 2 aromatic rings. The molecule has 3 aliphatic rings. The van der Waals surface area contributed by atoms with E-state index >= 15 is 0 Å². The predicted molar refractivity (Wildman–Crippen MR) is 146 cm³/mol. The van der Waals surface area contributed by atoms with Crippen molar-refractivity contribution in [1.29, 1.82) is 0 Å². The van der Waals surface area contributed by atoms with Crippen molar-refractivity contribution in [1.82, 2.24) is 9.80 Å². The zero-order chi connectivity index (χ0) is 26.9. The number of amides is 1. The molecule has 1 aliphatic heterocycles. The molecule has 2 aliphatic carbocycles. The van der Waals surface area contributed by atoms with Gasteiger partial charge in [0.05, 0.1) is 0 Å². The highest BCUT2D eigenvalue weighted by molar-refractivity contribution is 5.91. The molecule has 202 valence electrons. The van der Waals surface area contributed by atoms with E-state index in [1.807, 2.05) is 25.2 Å². The number of aromatic hydroxyl groups is 2. The molecule has 1 amide bonds. The summed E-state index contributed by atoms with van der Waals surface area (Å²) in [4.78, 5) is 30.0. The Hall–Kier alpha value is -3.32. The van der Waals surface area contributed by atoms with Crippen LogP contribution in [0.4, 0.5) is 0 Å². The number of benzene rings is 2. The molecule has 0 radical (unpaired) electrons. The Kier molecular flexibility index (Phi) is 7.23. The predicted octanol–water partition coefficient (Wildman–Crippen LogP) is 4.48. The molecule has 38 heavy (non-hydrogen) atoms. The van der Waals surface area contributed by atoms with Crippen molar-refractivity contribution >= 4 is 18.0 Å². The van der Waals surface area contributed by atoms with Gasteiger partial charge in [0.15, 0.2) is 0 Å². The number of likely N-dealkylation sites (tertiary alicyclic amines) is 1. The third-order valence-electron chi connectivity index (χ3n) is 8.81. The summed E-state index contributed by atoms with van der Waals surface area (Å²) in [7, 11) is 1.83. The third kappa shape index (κ3) is 5.30. The fourth-order valence-electron chi connectivity index (χ4n) is 6.71. The number of phenols is 2. The monoisotopic (exact) mass is 518 g/mol. The number of ether oxygens (including phenoxy) is 1. The van der Waals surface area contributed by atoms with Gasteiger partial charge in [0, 0.05) is 44.6 Å². The number of esters is 1. The van der Waals surface area contributed by atoms with E-state index in [0.717, 1.165) is 36.6 Å². The highest BCUT2D eigenvalue weighted by Crippen LogP contribution is 2.55.